The van der Waals surface area contributed by atoms with Crippen LogP contribution in [0.2, 0.25) is 5.02 Å². The third kappa shape index (κ3) is 2.73. The van der Waals surface area contributed by atoms with Gasteiger partial charge in [0.05, 0.1) is 28.2 Å². The van der Waals surface area contributed by atoms with Crippen LogP contribution in [0.15, 0.2) is 22.9 Å². The molecule has 0 spiro atoms. The van der Waals surface area contributed by atoms with E-state index in [9.17, 15) is 9.18 Å². The molecular weight excluding hydrogens is 299 g/mol. The third-order valence-electron chi connectivity index (χ3n) is 2.98. The first kappa shape index (κ1) is 13.6. The molecule has 0 atom stereocenters. The van der Waals surface area contributed by atoms with Gasteiger partial charge in [0.2, 0.25) is 11.9 Å². The molecule has 0 radical (unpaired) electrons. The van der Waals surface area contributed by atoms with Crippen LogP contribution in [0.3, 0.4) is 0 Å². The second-order valence-corrected chi connectivity index (χ2v) is 4.93. The van der Waals surface area contributed by atoms with Crippen LogP contribution in [0.25, 0.3) is 11.0 Å². The second kappa shape index (κ2) is 5.17. The van der Waals surface area contributed by atoms with Crippen molar-refractivity contribution in [2.24, 2.45) is 0 Å². The number of benzene rings is 1. The fourth-order valence-electron chi connectivity index (χ4n) is 1.90. The molecule has 2 aromatic heterocycles. The van der Waals surface area contributed by atoms with Crippen molar-refractivity contribution < 1.29 is 13.7 Å². The van der Waals surface area contributed by atoms with Gasteiger partial charge >= 0.3 is 0 Å². The Bertz CT molecular complexity index is 788. The summed E-state index contributed by atoms with van der Waals surface area (Å²) in [5.41, 5.74) is 2.27. The number of amides is 1. The fourth-order valence-corrected chi connectivity index (χ4v) is 2.05. The Balaban J connectivity index is 1.78. The number of aromatic amines is 1. The van der Waals surface area contributed by atoms with E-state index in [0.717, 1.165) is 0 Å². The number of H-pyrrole nitrogens is 1. The Labute approximate surface area is 123 Å². The number of aromatic nitrogens is 3. The van der Waals surface area contributed by atoms with Gasteiger partial charge in [-0.3, -0.25) is 10.1 Å². The first-order valence-corrected chi connectivity index (χ1v) is 6.45. The van der Waals surface area contributed by atoms with E-state index in [-0.39, 0.29) is 23.3 Å². The van der Waals surface area contributed by atoms with Crippen LogP contribution in [0.4, 0.5) is 10.3 Å². The zero-order chi connectivity index (χ0) is 15.0. The van der Waals surface area contributed by atoms with Gasteiger partial charge in [-0.05, 0) is 13.0 Å². The smallest absolute Gasteiger partial charge is 0.231 e. The fraction of sp³-hybridized carbons (Fsp3) is 0.154. The van der Waals surface area contributed by atoms with Gasteiger partial charge in [0.15, 0.2) is 0 Å². The summed E-state index contributed by atoms with van der Waals surface area (Å²) in [6.07, 6.45) is 1.53. The number of imidazole rings is 1. The van der Waals surface area contributed by atoms with Crippen LogP contribution >= 0.6 is 11.6 Å². The summed E-state index contributed by atoms with van der Waals surface area (Å²) in [6.45, 7) is 1.75. The lowest BCUT2D eigenvalue weighted by molar-refractivity contribution is -0.115. The highest BCUT2D eigenvalue weighted by Crippen LogP contribution is 2.22. The van der Waals surface area contributed by atoms with E-state index in [0.29, 0.717) is 22.3 Å². The minimum absolute atomic E-state index is 0.0213. The summed E-state index contributed by atoms with van der Waals surface area (Å²) in [4.78, 5) is 18.8. The van der Waals surface area contributed by atoms with E-state index in [2.05, 4.69) is 20.4 Å². The summed E-state index contributed by atoms with van der Waals surface area (Å²) < 4.78 is 18.1. The Morgan fingerprint density at radius 3 is 3.05 bits per heavy atom. The lowest BCUT2D eigenvalue weighted by Gasteiger charge is -1.99. The first-order chi connectivity index (χ1) is 10.0. The number of carbonyl (C=O) groups is 1. The number of fused-ring (bicyclic) bond motifs is 1. The van der Waals surface area contributed by atoms with E-state index < -0.39 is 5.82 Å². The molecule has 2 heterocycles. The molecule has 3 rings (SSSR count). The number of hydrogen-bond acceptors (Lipinski definition) is 4. The van der Waals surface area contributed by atoms with Crippen LogP contribution in [0.5, 0.6) is 0 Å². The van der Waals surface area contributed by atoms with Crippen molar-refractivity contribution in [3.05, 3.63) is 40.5 Å². The van der Waals surface area contributed by atoms with E-state index >= 15 is 0 Å². The Morgan fingerprint density at radius 2 is 2.33 bits per heavy atom. The lowest BCUT2D eigenvalue weighted by atomic mass is 10.2. The molecule has 21 heavy (non-hydrogen) atoms. The van der Waals surface area contributed by atoms with E-state index in [1.807, 2.05) is 0 Å². The van der Waals surface area contributed by atoms with E-state index in [4.69, 9.17) is 16.1 Å². The maximum Gasteiger partial charge on any atom is 0.231 e. The molecule has 0 bridgehead atoms. The average Bonchev–Trinajstić information content (AvgIpc) is 2.97. The minimum atomic E-state index is -0.550. The molecule has 0 aliphatic carbocycles. The van der Waals surface area contributed by atoms with Crippen molar-refractivity contribution in [2.75, 3.05) is 5.32 Å². The number of rotatable bonds is 3. The van der Waals surface area contributed by atoms with Crippen LogP contribution in [-0.2, 0) is 11.2 Å². The molecule has 0 fully saturated rings. The summed E-state index contributed by atoms with van der Waals surface area (Å²) in [5.74, 6) is -0.608. The van der Waals surface area contributed by atoms with Crippen LogP contribution in [-0.4, -0.2) is 21.0 Å². The van der Waals surface area contributed by atoms with Gasteiger partial charge in [-0.25, -0.2) is 9.37 Å². The molecule has 3 aromatic rings. The molecule has 1 amide bonds. The molecule has 0 unspecified atom stereocenters. The average molecular weight is 309 g/mol. The summed E-state index contributed by atoms with van der Waals surface area (Å²) in [7, 11) is 0. The molecule has 0 aliphatic heterocycles. The Kier molecular flexibility index (Phi) is 3.34. The van der Waals surface area contributed by atoms with E-state index in [1.54, 1.807) is 6.92 Å². The number of aryl methyl sites for hydroxylation is 1. The molecule has 0 saturated heterocycles. The van der Waals surface area contributed by atoms with Crippen molar-refractivity contribution >= 4 is 34.5 Å². The van der Waals surface area contributed by atoms with Gasteiger partial charge in [0.25, 0.3) is 0 Å². The SMILES string of the molecule is Cc1nocc1CC(=O)Nc1nc2cc(Cl)c(F)cc2[nH]1. The molecule has 6 nitrogen and oxygen atoms in total. The largest absolute Gasteiger partial charge is 0.364 e. The zero-order valence-electron chi connectivity index (χ0n) is 10.9. The zero-order valence-corrected chi connectivity index (χ0v) is 11.7. The normalized spacial score (nSPS) is 11.0. The third-order valence-corrected chi connectivity index (χ3v) is 3.27. The molecule has 0 saturated carbocycles. The maximum absolute atomic E-state index is 13.3. The maximum atomic E-state index is 13.3. The predicted molar refractivity (Wildman–Crippen MR) is 74.6 cm³/mol. The molecule has 2 N–H and O–H groups in total. The Morgan fingerprint density at radius 1 is 1.52 bits per heavy atom. The molecular formula is C13H10ClFN4O2. The summed E-state index contributed by atoms with van der Waals surface area (Å²) >= 11 is 5.68. The van der Waals surface area contributed by atoms with E-state index in [1.165, 1.54) is 18.4 Å². The Hall–Kier alpha value is -2.41. The molecule has 108 valence electrons. The molecule has 8 heteroatoms. The van der Waals surface area contributed by atoms with Gasteiger partial charge in [-0.1, -0.05) is 16.8 Å². The van der Waals surface area contributed by atoms with Crippen LogP contribution in [0, 0.1) is 12.7 Å². The highest BCUT2D eigenvalue weighted by atomic mass is 35.5. The van der Waals surface area contributed by atoms with Crippen molar-refractivity contribution in [3.63, 3.8) is 0 Å². The predicted octanol–water partition coefficient (Wildman–Crippen LogP) is 2.83. The van der Waals surface area contributed by atoms with Crippen LogP contribution in [0.1, 0.15) is 11.3 Å². The number of hydrogen-bond donors (Lipinski definition) is 2. The highest BCUT2D eigenvalue weighted by Gasteiger charge is 2.12. The first-order valence-electron chi connectivity index (χ1n) is 6.07. The standard InChI is InChI=1S/C13H10ClFN4O2/c1-6-7(5-21-19-6)2-12(20)18-13-16-10-3-8(14)9(15)4-11(10)17-13/h3-5H,2H2,1H3,(H2,16,17,18,20). The van der Waals surface area contributed by atoms with Gasteiger partial charge in [-0.2, -0.15) is 0 Å². The molecule has 0 aliphatic rings. The summed E-state index contributed by atoms with van der Waals surface area (Å²) in [6, 6.07) is 2.62. The number of nitrogens with zero attached hydrogens (tertiary/aromatic N) is 2. The van der Waals surface area contributed by atoms with Crippen molar-refractivity contribution in [2.45, 2.75) is 13.3 Å². The van der Waals surface area contributed by atoms with Crippen molar-refractivity contribution in [3.8, 4) is 0 Å². The number of anilines is 1. The lowest BCUT2D eigenvalue weighted by Crippen LogP contribution is -2.15. The van der Waals surface area contributed by atoms with Crippen molar-refractivity contribution in [1.29, 1.82) is 0 Å². The number of halogens is 2. The molecule has 1 aromatic carbocycles. The quantitative estimate of drug-likeness (QED) is 0.779. The minimum Gasteiger partial charge on any atom is -0.364 e. The topological polar surface area (TPSA) is 83.8 Å². The van der Waals surface area contributed by atoms with Gasteiger partial charge in [0, 0.05) is 11.6 Å². The van der Waals surface area contributed by atoms with Gasteiger partial charge < -0.3 is 9.51 Å². The number of carbonyl (C=O) groups excluding carboxylic acids is 1. The second-order valence-electron chi connectivity index (χ2n) is 4.52. The number of nitrogens with one attached hydrogen (secondary N) is 2. The monoisotopic (exact) mass is 308 g/mol. The van der Waals surface area contributed by atoms with Gasteiger partial charge in [0.1, 0.15) is 12.1 Å². The van der Waals surface area contributed by atoms with Crippen molar-refractivity contribution in [1.82, 2.24) is 15.1 Å². The van der Waals surface area contributed by atoms with Gasteiger partial charge in [-0.15, -0.1) is 0 Å². The summed E-state index contributed by atoms with van der Waals surface area (Å²) in [5, 5.41) is 6.27. The van der Waals surface area contributed by atoms with Crippen LogP contribution < -0.4 is 5.32 Å². The highest BCUT2D eigenvalue weighted by molar-refractivity contribution is 6.31.